The van der Waals surface area contributed by atoms with Crippen LogP contribution in [0.4, 0.5) is 0 Å². The Kier molecular flexibility index (Phi) is 14.5. The van der Waals surface area contributed by atoms with Crippen molar-refractivity contribution in [3.63, 3.8) is 0 Å². The zero-order valence-corrected chi connectivity index (χ0v) is 22.0. The van der Waals surface area contributed by atoms with Gasteiger partial charge < -0.3 is 15.7 Å². The molecular formula is C21H39IN4O3S. The molecule has 0 spiro atoms. The predicted octanol–water partition coefficient (Wildman–Crippen LogP) is 2.80. The number of sulfonamides is 1. The summed E-state index contributed by atoms with van der Waals surface area (Å²) in [5, 5.41) is 15.6. The predicted molar refractivity (Wildman–Crippen MR) is 135 cm³/mol. The van der Waals surface area contributed by atoms with E-state index in [1.54, 1.807) is 13.0 Å². The number of aryl methyl sites for hydroxylation is 2. The Morgan fingerprint density at radius 1 is 1.17 bits per heavy atom. The van der Waals surface area contributed by atoms with Gasteiger partial charge in [-0.05, 0) is 62.6 Å². The minimum absolute atomic E-state index is 0. The average Bonchev–Trinajstić information content (AvgIpc) is 2.64. The minimum Gasteiger partial charge on any atom is -0.396 e. The third-order valence-corrected chi connectivity index (χ3v) is 6.14. The van der Waals surface area contributed by atoms with E-state index in [4.69, 9.17) is 0 Å². The number of hydrogen-bond acceptors (Lipinski definition) is 4. The third-order valence-electron chi connectivity index (χ3n) is 4.54. The van der Waals surface area contributed by atoms with E-state index in [1.807, 2.05) is 26.0 Å². The molecule has 0 aliphatic carbocycles. The van der Waals surface area contributed by atoms with Crippen LogP contribution in [0.5, 0.6) is 0 Å². The van der Waals surface area contributed by atoms with Crippen LogP contribution in [0.1, 0.15) is 44.7 Å². The summed E-state index contributed by atoms with van der Waals surface area (Å²) >= 11 is 0. The lowest BCUT2D eigenvalue weighted by atomic mass is 9.94. The number of aliphatic hydroxyl groups is 1. The first-order chi connectivity index (χ1) is 13.7. The van der Waals surface area contributed by atoms with Gasteiger partial charge in [-0.2, -0.15) is 0 Å². The molecule has 0 saturated heterocycles. The number of benzene rings is 1. The van der Waals surface area contributed by atoms with Crippen LogP contribution in [0.3, 0.4) is 0 Å². The molecule has 1 aromatic rings. The summed E-state index contributed by atoms with van der Waals surface area (Å²) < 4.78 is 27.8. The molecule has 0 saturated carbocycles. The monoisotopic (exact) mass is 554 g/mol. The summed E-state index contributed by atoms with van der Waals surface area (Å²) in [6, 6.07) is 5.41. The first kappa shape index (κ1) is 29.1. The quantitative estimate of drug-likeness (QED) is 0.138. The molecule has 1 unspecified atom stereocenters. The van der Waals surface area contributed by atoms with Crippen molar-refractivity contribution in [2.24, 2.45) is 16.8 Å². The molecule has 0 fully saturated rings. The van der Waals surface area contributed by atoms with Crippen LogP contribution in [0.15, 0.2) is 28.1 Å². The molecule has 7 nitrogen and oxygen atoms in total. The second-order valence-corrected chi connectivity index (χ2v) is 9.56. The summed E-state index contributed by atoms with van der Waals surface area (Å²) in [7, 11) is -3.55. The van der Waals surface area contributed by atoms with Crippen molar-refractivity contribution in [2.45, 2.75) is 52.4 Å². The minimum atomic E-state index is -3.55. The number of nitrogens with one attached hydrogen (secondary N) is 3. The number of hydrogen-bond donors (Lipinski definition) is 4. The van der Waals surface area contributed by atoms with Crippen LogP contribution in [0.2, 0.25) is 0 Å². The van der Waals surface area contributed by atoms with Crippen molar-refractivity contribution in [2.75, 3.05) is 32.8 Å². The van der Waals surface area contributed by atoms with Crippen molar-refractivity contribution in [3.05, 3.63) is 29.3 Å². The molecule has 1 rings (SSSR count). The molecule has 9 heteroatoms. The fourth-order valence-corrected chi connectivity index (χ4v) is 4.50. The molecule has 1 atom stereocenters. The van der Waals surface area contributed by atoms with E-state index in [0.717, 1.165) is 30.5 Å². The van der Waals surface area contributed by atoms with Crippen molar-refractivity contribution in [1.29, 1.82) is 0 Å². The van der Waals surface area contributed by atoms with Gasteiger partial charge in [0.15, 0.2) is 5.96 Å². The normalized spacial score (nSPS) is 13.1. The smallest absolute Gasteiger partial charge is 0.240 e. The lowest BCUT2D eigenvalue weighted by Crippen LogP contribution is -2.41. The molecule has 0 bridgehead atoms. The highest BCUT2D eigenvalue weighted by Crippen LogP contribution is 2.16. The first-order valence-electron chi connectivity index (χ1n) is 10.4. The summed E-state index contributed by atoms with van der Waals surface area (Å²) in [5.74, 6) is 1.54. The molecule has 0 aliphatic heterocycles. The highest BCUT2D eigenvalue weighted by atomic mass is 127. The summed E-state index contributed by atoms with van der Waals surface area (Å²) in [6.07, 6.45) is 1.75. The van der Waals surface area contributed by atoms with Gasteiger partial charge in [0.05, 0.1) is 4.90 Å². The number of rotatable bonds is 12. The molecule has 174 valence electrons. The van der Waals surface area contributed by atoms with Gasteiger partial charge >= 0.3 is 0 Å². The number of nitrogens with zero attached hydrogens (tertiary/aromatic N) is 1. The van der Waals surface area contributed by atoms with E-state index in [0.29, 0.717) is 35.8 Å². The molecule has 0 heterocycles. The van der Waals surface area contributed by atoms with Crippen LogP contribution in [0, 0.1) is 25.7 Å². The number of aliphatic hydroxyl groups excluding tert-OH is 1. The van der Waals surface area contributed by atoms with Gasteiger partial charge in [0, 0.05) is 32.8 Å². The van der Waals surface area contributed by atoms with Crippen molar-refractivity contribution < 1.29 is 13.5 Å². The molecule has 4 N–H and O–H groups in total. The second-order valence-electron chi connectivity index (χ2n) is 7.82. The SMILES string of the molecule is CCNC(=NCC(CCO)CC(C)C)NCCNS(=O)(=O)c1cc(C)ccc1C.I. The van der Waals surface area contributed by atoms with E-state index < -0.39 is 10.0 Å². The summed E-state index contributed by atoms with van der Waals surface area (Å²) in [4.78, 5) is 4.93. The third kappa shape index (κ3) is 10.9. The Bertz CT molecular complexity index is 755. The van der Waals surface area contributed by atoms with Crippen molar-refractivity contribution >= 4 is 40.0 Å². The van der Waals surface area contributed by atoms with Gasteiger partial charge in [0.1, 0.15) is 0 Å². The summed E-state index contributed by atoms with van der Waals surface area (Å²) in [5.41, 5.74) is 1.64. The summed E-state index contributed by atoms with van der Waals surface area (Å²) in [6.45, 7) is 12.2. The maximum absolute atomic E-state index is 12.6. The first-order valence-corrected chi connectivity index (χ1v) is 11.9. The molecule has 0 amide bonds. The highest BCUT2D eigenvalue weighted by molar-refractivity contribution is 14.0. The van der Waals surface area contributed by atoms with E-state index in [1.165, 1.54) is 0 Å². The number of halogens is 1. The van der Waals surface area contributed by atoms with E-state index in [2.05, 4.69) is 34.2 Å². The fraction of sp³-hybridized carbons (Fsp3) is 0.667. The zero-order valence-electron chi connectivity index (χ0n) is 18.9. The lowest BCUT2D eigenvalue weighted by Gasteiger charge is -2.17. The number of guanidine groups is 1. The highest BCUT2D eigenvalue weighted by Gasteiger charge is 2.16. The van der Waals surface area contributed by atoms with Gasteiger partial charge in [0.25, 0.3) is 0 Å². The Labute approximate surface area is 199 Å². The van der Waals surface area contributed by atoms with Gasteiger partial charge in [-0.1, -0.05) is 26.0 Å². The van der Waals surface area contributed by atoms with Crippen molar-refractivity contribution in [1.82, 2.24) is 15.4 Å². The zero-order chi connectivity index (χ0) is 21.9. The second kappa shape index (κ2) is 15.0. The standard InChI is InChI=1S/C21H38N4O3S.HI/c1-6-22-21(24-15-19(9-12-26)13-16(2)3)23-10-11-25-29(27,28)20-14-17(4)7-8-18(20)5;/h7-8,14,16,19,25-26H,6,9-13,15H2,1-5H3,(H2,22,23,24);1H. The lowest BCUT2D eigenvalue weighted by molar-refractivity contribution is 0.245. The fourth-order valence-electron chi connectivity index (χ4n) is 3.14. The average molecular weight is 555 g/mol. The van der Waals surface area contributed by atoms with Gasteiger partial charge in [-0.15, -0.1) is 24.0 Å². The maximum Gasteiger partial charge on any atom is 0.240 e. The number of aliphatic imine (C=N–C) groups is 1. The van der Waals surface area contributed by atoms with E-state index in [-0.39, 0.29) is 37.1 Å². The van der Waals surface area contributed by atoms with Gasteiger partial charge in [-0.3, -0.25) is 4.99 Å². The molecule has 0 aliphatic rings. The molecular weight excluding hydrogens is 515 g/mol. The Balaban J connectivity index is 0.00000841. The topological polar surface area (TPSA) is 103 Å². The molecule has 30 heavy (non-hydrogen) atoms. The van der Waals surface area contributed by atoms with Gasteiger partial charge in [0.2, 0.25) is 10.0 Å². The van der Waals surface area contributed by atoms with Gasteiger partial charge in [-0.25, -0.2) is 13.1 Å². The molecule has 1 aromatic carbocycles. The largest absolute Gasteiger partial charge is 0.396 e. The van der Waals surface area contributed by atoms with Crippen molar-refractivity contribution in [3.8, 4) is 0 Å². The Hall–Kier alpha value is -0.910. The maximum atomic E-state index is 12.6. The van der Waals surface area contributed by atoms with Crippen LogP contribution in [0.25, 0.3) is 0 Å². The van der Waals surface area contributed by atoms with Crippen LogP contribution in [-0.2, 0) is 10.0 Å². The van der Waals surface area contributed by atoms with E-state index >= 15 is 0 Å². The van der Waals surface area contributed by atoms with Crippen LogP contribution >= 0.6 is 24.0 Å². The molecule has 0 aromatic heterocycles. The molecule has 0 radical (unpaired) electrons. The Morgan fingerprint density at radius 2 is 1.87 bits per heavy atom. The Morgan fingerprint density at radius 3 is 2.47 bits per heavy atom. The van der Waals surface area contributed by atoms with E-state index in [9.17, 15) is 13.5 Å². The van der Waals surface area contributed by atoms with Crippen LogP contribution in [-0.4, -0.2) is 52.3 Å². The van der Waals surface area contributed by atoms with Crippen LogP contribution < -0.4 is 15.4 Å².